The molecule has 0 saturated carbocycles. The molecule has 0 bridgehead atoms. The van der Waals surface area contributed by atoms with Crippen molar-refractivity contribution < 1.29 is 4.42 Å². The van der Waals surface area contributed by atoms with Crippen molar-refractivity contribution in [1.29, 1.82) is 0 Å². The fourth-order valence-electron chi connectivity index (χ4n) is 2.83. The SMILES string of the molecule is Cc1cc2c(c(=O)o1)CC(c1ccccc1)CC2. The number of hydrogen-bond donors (Lipinski definition) is 0. The third-order valence-corrected chi connectivity index (χ3v) is 3.75. The number of benzene rings is 1. The Balaban J connectivity index is 1.97. The second-order valence-electron chi connectivity index (χ2n) is 5.00. The lowest BCUT2D eigenvalue weighted by Gasteiger charge is -2.23. The highest BCUT2D eigenvalue weighted by molar-refractivity contribution is 5.32. The van der Waals surface area contributed by atoms with Crippen LogP contribution in [0, 0.1) is 6.92 Å². The van der Waals surface area contributed by atoms with Crippen molar-refractivity contribution in [2.45, 2.75) is 32.1 Å². The van der Waals surface area contributed by atoms with Gasteiger partial charge in [-0.3, -0.25) is 0 Å². The van der Waals surface area contributed by atoms with Gasteiger partial charge in [-0.2, -0.15) is 0 Å². The van der Waals surface area contributed by atoms with E-state index >= 15 is 0 Å². The molecule has 1 aromatic heterocycles. The topological polar surface area (TPSA) is 30.2 Å². The molecule has 18 heavy (non-hydrogen) atoms. The van der Waals surface area contributed by atoms with E-state index in [1.54, 1.807) is 0 Å². The summed E-state index contributed by atoms with van der Waals surface area (Å²) in [6.45, 7) is 1.84. The third-order valence-electron chi connectivity index (χ3n) is 3.75. The van der Waals surface area contributed by atoms with E-state index in [4.69, 9.17) is 4.42 Å². The molecule has 0 amide bonds. The maximum absolute atomic E-state index is 11.9. The van der Waals surface area contributed by atoms with Crippen LogP contribution in [-0.4, -0.2) is 0 Å². The van der Waals surface area contributed by atoms with Crippen molar-refractivity contribution >= 4 is 0 Å². The lowest BCUT2D eigenvalue weighted by molar-refractivity contribution is 0.452. The molecule has 1 aliphatic carbocycles. The summed E-state index contributed by atoms with van der Waals surface area (Å²) >= 11 is 0. The number of fused-ring (bicyclic) bond motifs is 1. The van der Waals surface area contributed by atoms with Gasteiger partial charge in [-0.25, -0.2) is 4.79 Å². The molecular formula is C16H16O2. The molecule has 0 aliphatic heterocycles. The van der Waals surface area contributed by atoms with Crippen molar-refractivity contribution in [2.24, 2.45) is 0 Å². The molecule has 3 rings (SSSR count). The van der Waals surface area contributed by atoms with Gasteiger partial charge in [0.05, 0.1) is 0 Å². The summed E-state index contributed by atoms with van der Waals surface area (Å²) in [6, 6.07) is 12.4. The van der Waals surface area contributed by atoms with E-state index in [0.717, 1.165) is 30.6 Å². The van der Waals surface area contributed by atoms with E-state index in [1.165, 1.54) is 11.1 Å². The zero-order chi connectivity index (χ0) is 12.5. The van der Waals surface area contributed by atoms with Crippen molar-refractivity contribution in [1.82, 2.24) is 0 Å². The van der Waals surface area contributed by atoms with E-state index in [0.29, 0.717) is 5.92 Å². The molecule has 1 atom stereocenters. The minimum absolute atomic E-state index is 0.148. The Bertz CT molecular complexity index is 611. The largest absolute Gasteiger partial charge is 0.428 e. The molecule has 2 nitrogen and oxygen atoms in total. The van der Waals surface area contributed by atoms with Crippen LogP contribution in [0.25, 0.3) is 0 Å². The normalized spacial score (nSPS) is 18.4. The van der Waals surface area contributed by atoms with E-state index in [1.807, 2.05) is 19.1 Å². The van der Waals surface area contributed by atoms with Gasteiger partial charge in [-0.1, -0.05) is 30.3 Å². The summed E-state index contributed by atoms with van der Waals surface area (Å²) in [5.74, 6) is 1.17. The van der Waals surface area contributed by atoms with Gasteiger partial charge < -0.3 is 4.42 Å². The summed E-state index contributed by atoms with van der Waals surface area (Å²) in [5, 5.41) is 0. The Labute approximate surface area is 106 Å². The Morgan fingerprint density at radius 3 is 2.78 bits per heavy atom. The second kappa shape index (κ2) is 4.45. The zero-order valence-electron chi connectivity index (χ0n) is 10.5. The zero-order valence-corrected chi connectivity index (χ0v) is 10.5. The monoisotopic (exact) mass is 240 g/mol. The smallest absolute Gasteiger partial charge is 0.339 e. The molecule has 0 spiro atoms. The molecular weight excluding hydrogens is 224 g/mol. The lowest BCUT2D eigenvalue weighted by atomic mass is 9.81. The molecule has 1 aliphatic rings. The van der Waals surface area contributed by atoms with Crippen LogP contribution in [-0.2, 0) is 12.8 Å². The third kappa shape index (κ3) is 1.99. The van der Waals surface area contributed by atoms with Gasteiger partial charge in [0.1, 0.15) is 5.76 Å². The Morgan fingerprint density at radius 2 is 2.00 bits per heavy atom. The number of rotatable bonds is 1. The molecule has 1 aromatic carbocycles. The van der Waals surface area contributed by atoms with Gasteiger partial charge in [0.15, 0.2) is 0 Å². The van der Waals surface area contributed by atoms with E-state index < -0.39 is 0 Å². The van der Waals surface area contributed by atoms with Crippen LogP contribution >= 0.6 is 0 Å². The summed E-state index contributed by atoms with van der Waals surface area (Å²) in [4.78, 5) is 11.9. The molecule has 0 radical (unpaired) electrons. The first-order valence-electron chi connectivity index (χ1n) is 6.41. The molecule has 0 fully saturated rings. The molecule has 1 unspecified atom stereocenters. The van der Waals surface area contributed by atoms with Crippen molar-refractivity contribution in [2.75, 3.05) is 0 Å². The average molecular weight is 240 g/mol. The summed E-state index contributed by atoms with van der Waals surface area (Å²) in [7, 11) is 0. The molecule has 2 aromatic rings. The highest BCUT2D eigenvalue weighted by atomic mass is 16.4. The molecule has 2 heteroatoms. The molecule has 0 saturated heterocycles. The Morgan fingerprint density at radius 1 is 1.22 bits per heavy atom. The number of aryl methyl sites for hydroxylation is 2. The average Bonchev–Trinajstić information content (AvgIpc) is 2.39. The predicted molar refractivity (Wildman–Crippen MR) is 70.9 cm³/mol. The van der Waals surface area contributed by atoms with Gasteiger partial charge in [0.2, 0.25) is 0 Å². The minimum Gasteiger partial charge on any atom is -0.428 e. The highest BCUT2D eigenvalue weighted by Crippen LogP contribution is 2.31. The van der Waals surface area contributed by atoms with Crippen molar-refractivity contribution in [3.05, 3.63) is 69.3 Å². The summed E-state index contributed by atoms with van der Waals surface area (Å²) < 4.78 is 5.20. The van der Waals surface area contributed by atoms with Crippen LogP contribution in [0.5, 0.6) is 0 Å². The molecule has 0 N–H and O–H groups in total. The summed E-state index contributed by atoms with van der Waals surface area (Å²) in [5.41, 5.74) is 3.23. The van der Waals surface area contributed by atoms with Crippen molar-refractivity contribution in [3.8, 4) is 0 Å². The quantitative estimate of drug-likeness (QED) is 0.766. The Kier molecular flexibility index (Phi) is 2.78. The van der Waals surface area contributed by atoms with Crippen LogP contribution in [0.3, 0.4) is 0 Å². The van der Waals surface area contributed by atoms with Crippen LogP contribution < -0.4 is 5.63 Å². The van der Waals surface area contributed by atoms with Crippen LogP contribution in [0.2, 0.25) is 0 Å². The maximum Gasteiger partial charge on any atom is 0.339 e. The Hall–Kier alpha value is -1.83. The number of hydrogen-bond acceptors (Lipinski definition) is 2. The van der Waals surface area contributed by atoms with E-state index in [9.17, 15) is 4.79 Å². The van der Waals surface area contributed by atoms with Crippen LogP contribution in [0.4, 0.5) is 0 Å². The van der Waals surface area contributed by atoms with Crippen LogP contribution in [0.15, 0.2) is 45.6 Å². The van der Waals surface area contributed by atoms with E-state index in [-0.39, 0.29) is 5.63 Å². The van der Waals surface area contributed by atoms with E-state index in [2.05, 4.69) is 24.3 Å². The first-order chi connectivity index (χ1) is 8.74. The lowest BCUT2D eigenvalue weighted by Crippen LogP contribution is -2.21. The van der Waals surface area contributed by atoms with Gasteiger partial charge in [-0.05, 0) is 49.3 Å². The maximum atomic E-state index is 11.9. The van der Waals surface area contributed by atoms with Gasteiger partial charge >= 0.3 is 5.63 Å². The van der Waals surface area contributed by atoms with Gasteiger partial charge in [0, 0.05) is 5.56 Å². The fraction of sp³-hybridized carbons (Fsp3) is 0.312. The highest BCUT2D eigenvalue weighted by Gasteiger charge is 2.23. The minimum atomic E-state index is -0.148. The fourth-order valence-corrected chi connectivity index (χ4v) is 2.83. The molecule has 92 valence electrons. The van der Waals surface area contributed by atoms with Gasteiger partial charge in [-0.15, -0.1) is 0 Å². The van der Waals surface area contributed by atoms with Crippen LogP contribution in [0.1, 0.15) is 34.8 Å². The van der Waals surface area contributed by atoms with Crippen molar-refractivity contribution in [3.63, 3.8) is 0 Å². The second-order valence-corrected chi connectivity index (χ2v) is 5.00. The van der Waals surface area contributed by atoms with Gasteiger partial charge in [0.25, 0.3) is 0 Å². The first-order valence-corrected chi connectivity index (χ1v) is 6.41. The standard InChI is InChI=1S/C16H16O2/c1-11-9-14-8-7-13(10-15(14)16(17)18-11)12-5-3-2-4-6-12/h2-6,9,13H,7-8,10H2,1H3. The molecule has 1 heterocycles. The summed E-state index contributed by atoms with van der Waals surface area (Å²) in [6.07, 6.45) is 2.89. The first kappa shape index (κ1) is 11.3. The predicted octanol–water partition coefficient (Wildman–Crippen LogP) is 3.22.